The smallest absolute Gasteiger partial charge is 0.172 e. The van der Waals surface area contributed by atoms with E-state index in [4.69, 9.17) is 18.9 Å². The predicted octanol–water partition coefficient (Wildman–Crippen LogP) is 5.47. The van der Waals surface area contributed by atoms with Crippen LogP contribution in [0.2, 0.25) is 0 Å². The van der Waals surface area contributed by atoms with Gasteiger partial charge >= 0.3 is 0 Å². The van der Waals surface area contributed by atoms with Crippen LogP contribution >= 0.6 is 0 Å². The van der Waals surface area contributed by atoms with E-state index >= 15 is 0 Å². The molecule has 0 unspecified atom stereocenters. The summed E-state index contributed by atoms with van der Waals surface area (Å²) in [5.41, 5.74) is 2.16. The zero-order chi connectivity index (χ0) is 22.0. The van der Waals surface area contributed by atoms with Crippen LogP contribution in [0.5, 0.6) is 0 Å². The van der Waals surface area contributed by atoms with E-state index in [0.717, 1.165) is 63.4 Å². The summed E-state index contributed by atoms with van der Waals surface area (Å²) < 4.78 is 24.8. The van der Waals surface area contributed by atoms with Crippen LogP contribution < -0.4 is 0 Å². The zero-order valence-electron chi connectivity index (χ0n) is 20.2. The van der Waals surface area contributed by atoms with Crippen molar-refractivity contribution in [3.8, 4) is 11.8 Å². The maximum absolute atomic E-state index is 6.26. The van der Waals surface area contributed by atoms with Crippen molar-refractivity contribution in [2.75, 3.05) is 26.4 Å². The van der Waals surface area contributed by atoms with E-state index in [1.807, 2.05) is 6.92 Å². The van der Waals surface area contributed by atoms with Crippen LogP contribution in [0.1, 0.15) is 78.6 Å². The molecule has 2 saturated heterocycles. The topological polar surface area (TPSA) is 36.9 Å². The molecule has 0 aromatic carbocycles. The molecule has 5 fully saturated rings. The van der Waals surface area contributed by atoms with Gasteiger partial charge in [0.25, 0.3) is 0 Å². The summed E-state index contributed by atoms with van der Waals surface area (Å²) in [5, 5.41) is 0. The van der Waals surface area contributed by atoms with Crippen LogP contribution in [0.4, 0.5) is 0 Å². The van der Waals surface area contributed by atoms with Gasteiger partial charge in [0.05, 0.1) is 26.4 Å². The van der Waals surface area contributed by atoms with E-state index in [1.54, 1.807) is 5.57 Å². The molecule has 0 bridgehead atoms. The largest absolute Gasteiger partial charge is 0.348 e. The third-order valence-corrected chi connectivity index (χ3v) is 10.7. The molecule has 0 amide bonds. The Labute approximate surface area is 193 Å². The van der Waals surface area contributed by atoms with Gasteiger partial charge in [0, 0.05) is 25.2 Å². The summed E-state index contributed by atoms with van der Waals surface area (Å²) in [5.74, 6) is 8.72. The standard InChI is InChI=1S/C28H40O4/c1-4-5-11-27-12-10-22-21(23(27)8-9-24(27)26(3)29-15-16-30-26)7-6-20-19-28(31-17-18-32-28)14-13-25(20,22)2/h6,21-24H,7-19H2,1-3H3/t21-,22+,23+,24-,25+,27+/m1/s1. The Balaban J connectivity index is 1.32. The zero-order valence-corrected chi connectivity index (χ0v) is 20.2. The van der Waals surface area contributed by atoms with E-state index in [1.165, 1.54) is 38.5 Å². The van der Waals surface area contributed by atoms with Crippen molar-refractivity contribution >= 4 is 0 Å². The third-order valence-electron chi connectivity index (χ3n) is 10.7. The van der Waals surface area contributed by atoms with Crippen molar-refractivity contribution < 1.29 is 18.9 Å². The Kier molecular flexibility index (Phi) is 5.12. The third kappa shape index (κ3) is 2.97. The molecule has 2 heterocycles. The van der Waals surface area contributed by atoms with Crippen LogP contribution in [0.25, 0.3) is 0 Å². The highest BCUT2D eigenvalue weighted by Crippen LogP contribution is 2.69. The second-order valence-electron chi connectivity index (χ2n) is 11.8. The summed E-state index contributed by atoms with van der Waals surface area (Å²) in [6.45, 7) is 9.74. The van der Waals surface area contributed by atoms with Gasteiger partial charge in [-0.3, -0.25) is 0 Å². The van der Waals surface area contributed by atoms with Gasteiger partial charge in [-0.05, 0) is 81.0 Å². The number of rotatable bonds is 2. The minimum atomic E-state index is -0.426. The van der Waals surface area contributed by atoms with Gasteiger partial charge in [-0.1, -0.05) is 18.6 Å². The fraction of sp³-hybridized carbons (Fsp3) is 0.857. The van der Waals surface area contributed by atoms with Gasteiger partial charge in [0.2, 0.25) is 0 Å². The van der Waals surface area contributed by atoms with Gasteiger partial charge in [-0.25, -0.2) is 0 Å². The predicted molar refractivity (Wildman–Crippen MR) is 123 cm³/mol. The summed E-state index contributed by atoms with van der Waals surface area (Å²) in [6.07, 6.45) is 13.1. The first-order chi connectivity index (χ1) is 15.4. The van der Waals surface area contributed by atoms with Crippen molar-refractivity contribution in [2.45, 2.75) is 90.1 Å². The van der Waals surface area contributed by atoms with E-state index in [0.29, 0.717) is 11.3 Å². The Morgan fingerprint density at radius 1 is 0.906 bits per heavy atom. The van der Waals surface area contributed by atoms with Crippen molar-refractivity contribution in [1.29, 1.82) is 0 Å². The molecule has 1 spiro atoms. The molecule has 0 aromatic heterocycles. The van der Waals surface area contributed by atoms with Crippen molar-refractivity contribution in [2.24, 2.45) is 34.5 Å². The molecular weight excluding hydrogens is 400 g/mol. The van der Waals surface area contributed by atoms with Gasteiger partial charge in [-0.15, -0.1) is 11.8 Å². The fourth-order valence-corrected chi connectivity index (χ4v) is 9.27. The second-order valence-corrected chi connectivity index (χ2v) is 11.8. The minimum Gasteiger partial charge on any atom is -0.348 e. The summed E-state index contributed by atoms with van der Waals surface area (Å²) in [6, 6.07) is 0. The lowest BCUT2D eigenvalue weighted by Crippen LogP contribution is -2.55. The average Bonchev–Trinajstić information content (AvgIpc) is 3.52. The van der Waals surface area contributed by atoms with Crippen molar-refractivity contribution in [3.05, 3.63) is 11.6 Å². The van der Waals surface area contributed by atoms with E-state index in [2.05, 4.69) is 31.8 Å². The summed E-state index contributed by atoms with van der Waals surface area (Å²) in [4.78, 5) is 0. The van der Waals surface area contributed by atoms with E-state index in [9.17, 15) is 0 Å². The molecule has 176 valence electrons. The molecule has 0 N–H and O–H groups in total. The lowest BCUT2D eigenvalue weighted by Gasteiger charge is -2.60. The van der Waals surface area contributed by atoms with Gasteiger partial charge < -0.3 is 18.9 Å². The molecule has 4 heteroatoms. The van der Waals surface area contributed by atoms with Crippen LogP contribution in [0, 0.1) is 46.3 Å². The molecule has 6 rings (SSSR count). The maximum Gasteiger partial charge on any atom is 0.172 e. The number of allylic oxidation sites excluding steroid dienone is 1. The molecule has 4 aliphatic carbocycles. The molecular formula is C28H40O4. The number of hydrogen-bond acceptors (Lipinski definition) is 4. The number of ether oxygens (including phenoxy) is 4. The summed E-state index contributed by atoms with van der Waals surface area (Å²) in [7, 11) is 0. The first-order valence-electron chi connectivity index (χ1n) is 13.1. The van der Waals surface area contributed by atoms with Crippen LogP contribution in [-0.4, -0.2) is 38.0 Å². The van der Waals surface area contributed by atoms with Crippen molar-refractivity contribution in [3.63, 3.8) is 0 Å². The summed E-state index contributed by atoms with van der Waals surface area (Å²) >= 11 is 0. The Morgan fingerprint density at radius 2 is 1.66 bits per heavy atom. The van der Waals surface area contributed by atoms with Gasteiger partial charge in [-0.2, -0.15) is 0 Å². The SMILES string of the molecule is CC#CC[C@]12CC[C@H]3[C@@H](CC=C4CC5(CC[C@@]43C)OCCO5)[C@@H]1CC[C@@H]2C1(C)OCCO1. The number of hydrogen-bond donors (Lipinski definition) is 0. The van der Waals surface area contributed by atoms with Crippen LogP contribution in [-0.2, 0) is 18.9 Å². The van der Waals surface area contributed by atoms with Gasteiger partial charge in [0.1, 0.15) is 0 Å². The van der Waals surface area contributed by atoms with E-state index < -0.39 is 5.79 Å². The van der Waals surface area contributed by atoms with Crippen LogP contribution in [0.15, 0.2) is 11.6 Å². The Morgan fingerprint density at radius 3 is 2.41 bits per heavy atom. The first kappa shape index (κ1) is 21.7. The molecule has 4 nitrogen and oxygen atoms in total. The minimum absolute atomic E-state index is 0.235. The molecule has 32 heavy (non-hydrogen) atoms. The quantitative estimate of drug-likeness (QED) is 0.422. The maximum atomic E-state index is 6.26. The molecule has 6 aliphatic rings. The lowest BCUT2D eigenvalue weighted by molar-refractivity contribution is -0.219. The van der Waals surface area contributed by atoms with Gasteiger partial charge in [0.15, 0.2) is 11.6 Å². The monoisotopic (exact) mass is 440 g/mol. The average molecular weight is 441 g/mol. The highest BCUT2D eigenvalue weighted by Gasteiger charge is 2.65. The molecule has 3 saturated carbocycles. The Hall–Kier alpha value is -0.860. The molecule has 0 aromatic rings. The fourth-order valence-electron chi connectivity index (χ4n) is 9.27. The molecule has 0 radical (unpaired) electrons. The Bertz CT molecular complexity index is 839. The molecule has 6 atom stereocenters. The van der Waals surface area contributed by atoms with Crippen molar-refractivity contribution in [1.82, 2.24) is 0 Å². The number of fused-ring (bicyclic) bond motifs is 5. The highest BCUT2D eigenvalue weighted by molar-refractivity contribution is 5.27. The normalized spacial score (nSPS) is 46.0. The van der Waals surface area contributed by atoms with E-state index in [-0.39, 0.29) is 11.2 Å². The second kappa shape index (κ2) is 7.57. The highest BCUT2D eigenvalue weighted by atomic mass is 16.7. The lowest BCUT2D eigenvalue weighted by atomic mass is 9.46. The molecule has 2 aliphatic heterocycles. The van der Waals surface area contributed by atoms with Crippen LogP contribution in [0.3, 0.4) is 0 Å². The first-order valence-corrected chi connectivity index (χ1v) is 13.1.